The second-order valence-electron chi connectivity index (χ2n) is 8.16. The van der Waals surface area contributed by atoms with Crippen molar-refractivity contribution in [1.82, 2.24) is 0 Å². The molecule has 3 N–H and O–H groups in total. The number of carboxylic acid groups (broad SMARTS) is 1. The number of ketones is 1. The molecular formula is C27H29NO3. The van der Waals surface area contributed by atoms with E-state index in [-0.39, 0.29) is 11.3 Å². The van der Waals surface area contributed by atoms with Gasteiger partial charge in [0.05, 0.1) is 11.4 Å². The largest absolute Gasteiger partial charge is 0.545 e. The fraction of sp³-hybridized carbons (Fsp3) is 0.259. The molecular weight excluding hydrogens is 386 g/mol. The van der Waals surface area contributed by atoms with Gasteiger partial charge >= 0.3 is 0 Å². The van der Waals surface area contributed by atoms with Gasteiger partial charge in [0.15, 0.2) is 5.78 Å². The van der Waals surface area contributed by atoms with Gasteiger partial charge < -0.3 is 15.6 Å². The Kier molecular flexibility index (Phi) is 7.37. The Balaban J connectivity index is 0.000000254. The highest BCUT2D eigenvalue weighted by atomic mass is 16.4. The van der Waals surface area contributed by atoms with Crippen LogP contribution in [-0.4, -0.2) is 11.8 Å². The third-order valence-corrected chi connectivity index (χ3v) is 5.97. The van der Waals surface area contributed by atoms with E-state index in [1.165, 1.54) is 17.7 Å². The highest BCUT2D eigenvalue weighted by Gasteiger charge is 2.42. The van der Waals surface area contributed by atoms with E-state index in [9.17, 15) is 14.7 Å². The van der Waals surface area contributed by atoms with Gasteiger partial charge in [-0.2, -0.15) is 0 Å². The van der Waals surface area contributed by atoms with Crippen LogP contribution in [0.4, 0.5) is 0 Å². The lowest BCUT2D eigenvalue weighted by molar-refractivity contribution is -0.420. The van der Waals surface area contributed by atoms with Crippen LogP contribution in [0.15, 0.2) is 84.9 Å². The number of aromatic carboxylic acids is 1. The fourth-order valence-corrected chi connectivity index (χ4v) is 4.20. The van der Waals surface area contributed by atoms with Gasteiger partial charge in [0, 0.05) is 11.1 Å². The predicted octanol–water partition coefficient (Wildman–Crippen LogP) is 3.73. The van der Waals surface area contributed by atoms with Gasteiger partial charge in [-0.3, -0.25) is 4.79 Å². The minimum absolute atomic E-state index is 0.0843. The zero-order chi connectivity index (χ0) is 22.3. The van der Waals surface area contributed by atoms with Crippen LogP contribution in [-0.2, 0) is 5.41 Å². The van der Waals surface area contributed by atoms with E-state index in [1.54, 1.807) is 12.1 Å². The van der Waals surface area contributed by atoms with E-state index in [0.717, 1.165) is 31.2 Å². The van der Waals surface area contributed by atoms with Gasteiger partial charge in [0.2, 0.25) is 0 Å². The molecule has 0 saturated heterocycles. The molecule has 3 aromatic carbocycles. The zero-order valence-electron chi connectivity index (χ0n) is 17.9. The number of carboxylic acids is 1. The molecule has 1 aliphatic carbocycles. The lowest BCUT2D eigenvalue weighted by Gasteiger charge is -2.28. The maximum atomic E-state index is 13.1. The Morgan fingerprint density at radius 2 is 1.29 bits per heavy atom. The number of carbonyl (C=O) groups is 2. The van der Waals surface area contributed by atoms with Crippen LogP contribution >= 0.6 is 0 Å². The molecule has 31 heavy (non-hydrogen) atoms. The van der Waals surface area contributed by atoms with Gasteiger partial charge in [-0.15, -0.1) is 0 Å². The smallest absolute Gasteiger partial charge is 0.173 e. The minimum atomic E-state index is -1.22. The van der Waals surface area contributed by atoms with Gasteiger partial charge in [0.1, 0.15) is 6.04 Å². The normalized spacial score (nSPS) is 15.4. The number of carbonyl (C=O) groups excluding carboxylic acids is 2. The number of quaternary nitrogens is 1. The number of hydrogen-bond acceptors (Lipinski definition) is 3. The Labute approximate surface area is 183 Å². The Morgan fingerprint density at radius 1 is 0.806 bits per heavy atom. The van der Waals surface area contributed by atoms with Gasteiger partial charge in [0.25, 0.3) is 0 Å². The molecule has 4 nitrogen and oxygen atoms in total. The van der Waals surface area contributed by atoms with E-state index in [2.05, 4.69) is 24.8 Å². The summed E-state index contributed by atoms with van der Waals surface area (Å²) in [5, 5.41) is 10.8. The molecule has 4 rings (SSSR count). The topological polar surface area (TPSA) is 84.8 Å². The SMILES string of the molecule is C[C@H]([NH3+])c1ccccc1.O=C([O-])c1ccc(C(=O)C2(c3ccccc3)CCCC2)cc1. The second kappa shape index (κ2) is 10.2. The van der Waals surface area contributed by atoms with Crippen molar-refractivity contribution in [3.05, 3.63) is 107 Å². The van der Waals surface area contributed by atoms with E-state index in [4.69, 9.17) is 0 Å². The van der Waals surface area contributed by atoms with E-state index >= 15 is 0 Å². The molecule has 0 aliphatic heterocycles. The Bertz CT molecular complexity index is 990. The number of rotatable bonds is 5. The van der Waals surface area contributed by atoms with Crippen LogP contribution in [0.5, 0.6) is 0 Å². The molecule has 0 amide bonds. The number of hydrogen-bond donors (Lipinski definition) is 1. The van der Waals surface area contributed by atoms with Crippen molar-refractivity contribution in [2.24, 2.45) is 0 Å². The highest BCUT2D eigenvalue weighted by Crippen LogP contribution is 2.43. The molecule has 0 heterocycles. The summed E-state index contributed by atoms with van der Waals surface area (Å²) in [7, 11) is 0. The van der Waals surface area contributed by atoms with E-state index in [1.807, 2.05) is 48.5 Å². The molecule has 4 heteroatoms. The summed E-state index contributed by atoms with van der Waals surface area (Å²) < 4.78 is 0. The van der Waals surface area contributed by atoms with Crippen molar-refractivity contribution in [3.63, 3.8) is 0 Å². The fourth-order valence-electron chi connectivity index (χ4n) is 4.20. The second-order valence-corrected chi connectivity index (χ2v) is 8.16. The molecule has 3 aromatic rings. The van der Waals surface area contributed by atoms with Crippen LogP contribution in [0, 0.1) is 0 Å². The van der Waals surface area contributed by atoms with Crippen LogP contribution in [0.1, 0.15) is 70.5 Å². The van der Waals surface area contributed by atoms with Gasteiger partial charge in [-0.1, -0.05) is 97.8 Å². The molecule has 0 bridgehead atoms. The lowest BCUT2D eigenvalue weighted by atomic mass is 9.73. The van der Waals surface area contributed by atoms with Crippen molar-refractivity contribution in [2.75, 3.05) is 0 Å². The van der Waals surface area contributed by atoms with E-state index in [0.29, 0.717) is 11.6 Å². The first-order valence-corrected chi connectivity index (χ1v) is 10.7. The van der Waals surface area contributed by atoms with Crippen molar-refractivity contribution in [1.29, 1.82) is 0 Å². The summed E-state index contributed by atoms with van der Waals surface area (Å²) in [6.45, 7) is 2.09. The first-order valence-electron chi connectivity index (χ1n) is 10.7. The highest BCUT2D eigenvalue weighted by molar-refractivity contribution is 6.04. The standard InChI is InChI=1S/C19H18O3.C8H11N/c20-17(14-8-10-15(11-9-14)18(21)22)19(12-4-5-13-19)16-6-2-1-3-7-16;1-7(9)8-5-3-2-4-6-8/h1-3,6-11H,4-5,12-13H2,(H,21,22);2-7H,9H2,1H3/t;7-/m.0/s1. The van der Waals surface area contributed by atoms with Crippen LogP contribution in [0.3, 0.4) is 0 Å². The number of benzene rings is 3. The van der Waals surface area contributed by atoms with Crippen molar-refractivity contribution >= 4 is 11.8 Å². The Hall–Kier alpha value is -3.24. The molecule has 1 fully saturated rings. The lowest BCUT2D eigenvalue weighted by Crippen LogP contribution is -2.51. The van der Waals surface area contributed by atoms with Crippen LogP contribution in [0.2, 0.25) is 0 Å². The van der Waals surface area contributed by atoms with Crippen LogP contribution in [0.25, 0.3) is 0 Å². The molecule has 0 spiro atoms. The average Bonchev–Trinajstić information content (AvgIpc) is 3.31. The number of Topliss-reactive ketones (excluding diaryl/α,β-unsaturated/α-hetero) is 1. The quantitative estimate of drug-likeness (QED) is 0.644. The molecule has 0 unspecified atom stereocenters. The van der Waals surface area contributed by atoms with Crippen molar-refractivity contribution in [3.8, 4) is 0 Å². The summed E-state index contributed by atoms with van der Waals surface area (Å²) in [5.41, 5.74) is 6.46. The van der Waals surface area contributed by atoms with Crippen molar-refractivity contribution < 1.29 is 20.4 Å². The van der Waals surface area contributed by atoms with Crippen LogP contribution < -0.4 is 10.8 Å². The Morgan fingerprint density at radius 3 is 1.74 bits per heavy atom. The third-order valence-electron chi connectivity index (χ3n) is 5.97. The molecule has 1 atom stereocenters. The first-order chi connectivity index (χ1) is 14.9. The molecule has 1 saturated carbocycles. The average molecular weight is 416 g/mol. The van der Waals surface area contributed by atoms with E-state index < -0.39 is 11.4 Å². The van der Waals surface area contributed by atoms with Gasteiger partial charge in [-0.25, -0.2) is 0 Å². The maximum Gasteiger partial charge on any atom is 0.173 e. The summed E-state index contributed by atoms with van der Waals surface area (Å²) in [5.74, 6) is -1.14. The minimum Gasteiger partial charge on any atom is -0.545 e. The van der Waals surface area contributed by atoms with Crippen molar-refractivity contribution in [2.45, 2.75) is 44.1 Å². The summed E-state index contributed by atoms with van der Waals surface area (Å²) >= 11 is 0. The first kappa shape index (κ1) is 22.4. The summed E-state index contributed by atoms with van der Waals surface area (Å²) in [6.07, 6.45) is 3.77. The summed E-state index contributed by atoms with van der Waals surface area (Å²) in [4.78, 5) is 23.9. The summed E-state index contributed by atoms with van der Waals surface area (Å²) in [6, 6.07) is 26.7. The van der Waals surface area contributed by atoms with Gasteiger partial charge in [-0.05, 0) is 30.9 Å². The molecule has 0 radical (unpaired) electrons. The molecule has 160 valence electrons. The predicted molar refractivity (Wildman–Crippen MR) is 119 cm³/mol. The third kappa shape index (κ3) is 5.28. The monoisotopic (exact) mass is 415 g/mol. The molecule has 0 aromatic heterocycles. The molecule has 1 aliphatic rings. The zero-order valence-corrected chi connectivity index (χ0v) is 17.9. The maximum absolute atomic E-state index is 13.1.